The molecule has 0 aliphatic carbocycles. The molecule has 0 radical (unpaired) electrons. The molecule has 0 bridgehead atoms. The Labute approximate surface area is 171 Å². The molecule has 3 heteroatoms. The van der Waals surface area contributed by atoms with Crippen LogP contribution in [0.4, 0.5) is 11.4 Å². The lowest BCUT2D eigenvalue weighted by molar-refractivity contribution is 0.0451. The Morgan fingerprint density at radius 3 is 1.07 bits per heavy atom. The first kappa shape index (κ1) is 17.5. The summed E-state index contributed by atoms with van der Waals surface area (Å²) in [5.41, 5.74) is 4.42. The molecule has 0 spiro atoms. The summed E-state index contributed by atoms with van der Waals surface area (Å²) in [5, 5.41) is 4.50. The number of benzene rings is 4. The van der Waals surface area contributed by atoms with Crippen LogP contribution in [0.5, 0.6) is 0 Å². The summed E-state index contributed by atoms with van der Waals surface area (Å²) in [5.74, 6) is 0. The number of ether oxygens (including phenoxy) is 1. The molecule has 3 nitrogen and oxygen atoms in total. The lowest BCUT2D eigenvalue weighted by Gasteiger charge is -2.35. The Balaban J connectivity index is 1.69. The first-order chi connectivity index (χ1) is 14.4. The van der Waals surface area contributed by atoms with Crippen LogP contribution in [0.25, 0.3) is 0 Å². The lowest BCUT2D eigenvalue weighted by atomic mass is 10.2. The van der Waals surface area contributed by atoms with Crippen molar-refractivity contribution in [3.63, 3.8) is 0 Å². The van der Waals surface area contributed by atoms with Crippen LogP contribution in [0.3, 0.4) is 0 Å². The van der Waals surface area contributed by atoms with Crippen molar-refractivity contribution in [3.05, 3.63) is 132 Å². The van der Waals surface area contributed by atoms with E-state index >= 15 is 0 Å². The minimum atomic E-state index is -0.232. The van der Waals surface area contributed by atoms with Crippen LogP contribution in [0, 0.1) is 0 Å². The molecule has 2 atom stereocenters. The fourth-order valence-corrected chi connectivity index (χ4v) is 3.82. The van der Waals surface area contributed by atoms with Gasteiger partial charge in [0.05, 0.1) is 11.4 Å². The zero-order valence-corrected chi connectivity index (χ0v) is 16.0. The van der Waals surface area contributed by atoms with E-state index in [9.17, 15) is 0 Å². The second-order valence-electron chi connectivity index (χ2n) is 7.02. The minimum absolute atomic E-state index is 0.232. The molecule has 1 aliphatic heterocycles. The first-order valence-corrected chi connectivity index (χ1v) is 9.86. The molecular formula is C26H22N2O. The van der Waals surface area contributed by atoms with Gasteiger partial charge in [-0.1, -0.05) is 97.1 Å². The number of hydrazine groups is 1. The van der Waals surface area contributed by atoms with E-state index in [-0.39, 0.29) is 12.5 Å². The Kier molecular flexibility index (Phi) is 4.73. The summed E-state index contributed by atoms with van der Waals surface area (Å²) in [6.07, 6.45) is -0.465. The van der Waals surface area contributed by atoms with Crippen LogP contribution < -0.4 is 10.0 Å². The first-order valence-electron chi connectivity index (χ1n) is 9.86. The second kappa shape index (κ2) is 7.82. The molecule has 0 aromatic heterocycles. The van der Waals surface area contributed by atoms with E-state index in [1.165, 1.54) is 0 Å². The largest absolute Gasteiger partial charge is 0.323 e. The topological polar surface area (TPSA) is 15.7 Å². The van der Waals surface area contributed by atoms with Gasteiger partial charge in [-0.2, -0.15) is 0 Å². The van der Waals surface area contributed by atoms with Gasteiger partial charge in [-0.25, -0.2) is 10.0 Å². The van der Waals surface area contributed by atoms with Crippen molar-refractivity contribution in [2.75, 3.05) is 10.0 Å². The maximum Gasteiger partial charge on any atom is 0.177 e. The molecule has 4 aromatic rings. The van der Waals surface area contributed by atoms with Crippen LogP contribution in [-0.2, 0) is 4.74 Å². The third-order valence-electron chi connectivity index (χ3n) is 5.15. The Morgan fingerprint density at radius 2 is 0.724 bits per heavy atom. The monoisotopic (exact) mass is 378 g/mol. The molecule has 29 heavy (non-hydrogen) atoms. The Bertz CT molecular complexity index is 952. The quantitative estimate of drug-likeness (QED) is 0.412. The van der Waals surface area contributed by atoms with Gasteiger partial charge in [0.2, 0.25) is 0 Å². The number of para-hydroxylation sites is 2. The molecule has 1 saturated heterocycles. The lowest BCUT2D eigenvalue weighted by Crippen LogP contribution is -2.39. The molecular weight excluding hydrogens is 356 g/mol. The molecule has 2 unspecified atom stereocenters. The van der Waals surface area contributed by atoms with Gasteiger partial charge >= 0.3 is 0 Å². The number of rotatable bonds is 4. The van der Waals surface area contributed by atoms with Gasteiger partial charge in [-0.15, -0.1) is 0 Å². The predicted octanol–water partition coefficient (Wildman–Crippen LogP) is 6.34. The van der Waals surface area contributed by atoms with Crippen LogP contribution >= 0.6 is 0 Å². The fraction of sp³-hybridized carbons (Fsp3) is 0.0769. The maximum absolute atomic E-state index is 6.72. The third-order valence-corrected chi connectivity index (χ3v) is 5.15. The van der Waals surface area contributed by atoms with E-state index in [2.05, 4.69) is 107 Å². The predicted molar refractivity (Wildman–Crippen MR) is 117 cm³/mol. The summed E-state index contributed by atoms with van der Waals surface area (Å²) >= 11 is 0. The molecule has 0 amide bonds. The third kappa shape index (κ3) is 3.37. The van der Waals surface area contributed by atoms with Gasteiger partial charge in [0.1, 0.15) is 0 Å². The van der Waals surface area contributed by atoms with Crippen molar-refractivity contribution in [1.82, 2.24) is 0 Å². The van der Waals surface area contributed by atoms with E-state index in [0.29, 0.717) is 0 Å². The average Bonchev–Trinajstić information content (AvgIpc) is 3.22. The zero-order chi connectivity index (χ0) is 19.5. The highest BCUT2D eigenvalue weighted by Gasteiger charge is 2.42. The van der Waals surface area contributed by atoms with Crippen LogP contribution in [0.1, 0.15) is 23.6 Å². The SMILES string of the molecule is c1ccc(C2OC(c3ccccc3)N(c3ccccc3)N2c2ccccc2)cc1. The van der Waals surface area contributed by atoms with Gasteiger partial charge in [-0.3, -0.25) is 0 Å². The molecule has 4 aromatic carbocycles. The van der Waals surface area contributed by atoms with E-state index in [4.69, 9.17) is 4.74 Å². The summed E-state index contributed by atoms with van der Waals surface area (Å²) in [6, 6.07) is 41.7. The number of hydrogen-bond acceptors (Lipinski definition) is 3. The fourth-order valence-electron chi connectivity index (χ4n) is 3.82. The highest BCUT2D eigenvalue weighted by Crippen LogP contribution is 2.46. The number of anilines is 2. The molecule has 142 valence electrons. The summed E-state index contributed by atoms with van der Waals surface area (Å²) < 4.78 is 6.72. The van der Waals surface area contributed by atoms with Crippen molar-refractivity contribution in [1.29, 1.82) is 0 Å². The van der Waals surface area contributed by atoms with E-state index in [1.54, 1.807) is 0 Å². The van der Waals surface area contributed by atoms with Crippen molar-refractivity contribution in [2.24, 2.45) is 0 Å². The van der Waals surface area contributed by atoms with Crippen molar-refractivity contribution in [3.8, 4) is 0 Å². The molecule has 1 fully saturated rings. The van der Waals surface area contributed by atoms with Crippen LogP contribution in [0.2, 0.25) is 0 Å². The maximum atomic E-state index is 6.72. The highest BCUT2D eigenvalue weighted by atomic mass is 16.6. The van der Waals surface area contributed by atoms with E-state index in [1.807, 2.05) is 24.3 Å². The molecule has 1 heterocycles. The van der Waals surface area contributed by atoms with Crippen molar-refractivity contribution >= 4 is 11.4 Å². The second-order valence-corrected chi connectivity index (χ2v) is 7.02. The van der Waals surface area contributed by atoms with Gasteiger partial charge in [0.25, 0.3) is 0 Å². The molecule has 0 saturated carbocycles. The Hall–Kier alpha value is -3.56. The molecule has 5 rings (SSSR count). The molecule has 0 N–H and O–H groups in total. The molecule has 1 aliphatic rings. The van der Waals surface area contributed by atoms with Crippen LogP contribution in [0.15, 0.2) is 121 Å². The van der Waals surface area contributed by atoms with E-state index in [0.717, 1.165) is 22.5 Å². The van der Waals surface area contributed by atoms with Crippen molar-refractivity contribution in [2.45, 2.75) is 12.5 Å². The summed E-state index contributed by atoms with van der Waals surface area (Å²) in [4.78, 5) is 0. The van der Waals surface area contributed by atoms with Gasteiger partial charge in [0, 0.05) is 11.1 Å². The summed E-state index contributed by atoms with van der Waals surface area (Å²) in [7, 11) is 0. The van der Waals surface area contributed by atoms with Crippen LogP contribution in [-0.4, -0.2) is 0 Å². The number of nitrogens with zero attached hydrogens (tertiary/aromatic N) is 2. The van der Waals surface area contributed by atoms with Crippen molar-refractivity contribution < 1.29 is 4.74 Å². The van der Waals surface area contributed by atoms with Gasteiger partial charge in [0.15, 0.2) is 12.5 Å². The standard InChI is InChI=1S/C26H22N2O/c1-5-13-21(14-6-1)25-27(23-17-9-3-10-18-23)28(24-19-11-4-12-20-24)26(29-25)22-15-7-2-8-16-22/h1-20,25-26H. The number of hydrogen-bond donors (Lipinski definition) is 0. The zero-order valence-electron chi connectivity index (χ0n) is 16.0. The smallest absolute Gasteiger partial charge is 0.177 e. The highest BCUT2D eigenvalue weighted by molar-refractivity contribution is 5.61. The average molecular weight is 378 g/mol. The van der Waals surface area contributed by atoms with Gasteiger partial charge in [-0.05, 0) is 24.3 Å². The van der Waals surface area contributed by atoms with Gasteiger partial charge < -0.3 is 4.74 Å². The van der Waals surface area contributed by atoms with E-state index < -0.39 is 0 Å². The Morgan fingerprint density at radius 1 is 0.414 bits per heavy atom. The summed E-state index contributed by atoms with van der Waals surface area (Å²) in [6.45, 7) is 0. The minimum Gasteiger partial charge on any atom is -0.323 e. The normalized spacial score (nSPS) is 18.8.